The van der Waals surface area contributed by atoms with E-state index in [4.69, 9.17) is 0 Å². The normalized spacial score (nSPS) is 16.0. The van der Waals surface area contributed by atoms with Crippen molar-refractivity contribution in [3.63, 3.8) is 0 Å². The predicted octanol–water partition coefficient (Wildman–Crippen LogP) is 1.47. The van der Waals surface area contributed by atoms with Crippen LogP contribution in [0.3, 0.4) is 0 Å². The van der Waals surface area contributed by atoms with E-state index in [-0.39, 0.29) is 12.1 Å². The predicted molar refractivity (Wildman–Crippen MR) is 66.2 cm³/mol. The van der Waals surface area contributed by atoms with Gasteiger partial charge >= 0.3 is 0 Å². The van der Waals surface area contributed by atoms with Crippen LogP contribution in [0.1, 0.15) is 40.5 Å². The van der Waals surface area contributed by atoms with Crippen LogP contribution in [0.5, 0.6) is 0 Å². The van der Waals surface area contributed by atoms with Crippen LogP contribution in [0.15, 0.2) is 0 Å². The van der Waals surface area contributed by atoms with Gasteiger partial charge in [0, 0.05) is 11.6 Å². The molecule has 0 rings (SSSR count). The fourth-order valence-electron chi connectivity index (χ4n) is 1.79. The van der Waals surface area contributed by atoms with Crippen molar-refractivity contribution >= 4 is 0 Å². The van der Waals surface area contributed by atoms with Gasteiger partial charge in [-0.25, -0.2) is 0 Å². The molecule has 0 fully saturated rings. The number of rotatable bonds is 8. The highest BCUT2D eigenvalue weighted by molar-refractivity contribution is 4.83. The third kappa shape index (κ3) is 6.88. The maximum atomic E-state index is 9.38. The molecule has 0 radical (unpaired) electrons. The van der Waals surface area contributed by atoms with Crippen molar-refractivity contribution in [3.8, 4) is 0 Å². The molecule has 2 N–H and O–H groups in total. The highest BCUT2D eigenvalue weighted by Crippen LogP contribution is 2.12. The van der Waals surface area contributed by atoms with Gasteiger partial charge in [-0.15, -0.1) is 0 Å². The lowest BCUT2D eigenvalue weighted by atomic mass is 9.95. The van der Waals surface area contributed by atoms with Crippen LogP contribution in [0, 0.1) is 0 Å². The third-order valence-electron chi connectivity index (χ3n) is 2.79. The van der Waals surface area contributed by atoms with Gasteiger partial charge < -0.3 is 15.3 Å². The van der Waals surface area contributed by atoms with Crippen molar-refractivity contribution < 1.29 is 5.11 Å². The number of nitrogens with zero attached hydrogens (tertiary/aromatic N) is 1. The number of hydrogen-bond acceptors (Lipinski definition) is 3. The first kappa shape index (κ1) is 14.9. The minimum absolute atomic E-state index is 0.122. The lowest BCUT2D eigenvalue weighted by molar-refractivity contribution is 0.150. The van der Waals surface area contributed by atoms with Crippen LogP contribution in [0.25, 0.3) is 0 Å². The second-order valence-electron chi connectivity index (χ2n) is 5.02. The molecule has 0 aliphatic heterocycles. The second kappa shape index (κ2) is 7.20. The van der Waals surface area contributed by atoms with E-state index in [0.717, 1.165) is 25.9 Å². The van der Waals surface area contributed by atoms with E-state index in [0.29, 0.717) is 6.04 Å². The molecule has 3 heteroatoms. The maximum absolute atomic E-state index is 9.38. The van der Waals surface area contributed by atoms with E-state index in [9.17, 15) is 5.11 Å². The van der Waals surface area contributed by atoms with E-state index in [1.54, 1.807) is 0 Å². The zero-order chi connectivity index (χ0) is 11.9. The van der Waals surface area contributed by atoms with Crippen LogP contribution in [0.4, 0.5) is 0 Å². The summed E-state index contributed by atoms with van der Waals surface area (Å²) in [6.45, 7) is 10.9. The largest absolute Gasteiger partial charge is 0.394 e. The molecular formula is C12H28N2O. The summed E-state index contributed by atoms with van der Waals surface area (Å²) in [5.41, 5.74) is -0.122. The average molecular weight is 216 g/mol. The lowest BCUT2D eigenvalue weighted by Crippen LogP contribution is -2.49. The van der Waals surface area contributed by atoms with E-state index < -0.39 is 0 Å². The molecule has 0 spiro atoms. The van der Waals surface area contributed by atoms with Gasteiger partial charge in [0.05, 0.1) is 6.61 Å². The summed E-state index contributed by atoms with van der Waals surface area (Å²) in [4.78, 5) is 2.30. The van der Waals surface area contributed by atoms with Crippen LogP contribution in [0.2, 0.25) is 0 Å². The molecule has 0 aliphatic carbocycles. The number of hydrogen-bond donors (Lipinski definition) is 2. The minimum Gasteiger partial charge on any atom is -0.394 e. The maximum Gasteiger partial charge on any atom is 0.0610 e. The molecule has 0 aliphatic rings. The molecule has 0 aromatic carbocycles. The third-order valence-corrected chi connectivity index (χ3v) is 2.79. The van der Waals surface area contributed by atoms with Gasteiger partial charge in [-0.2, -0.15) is 0 Å². The van der Waals surface area contributed by atoms with Crippen LogP contribution < -0.4 is 5.32 Å². The quantitative estimate of drug-likeness (QED) is 0.645. The fraction of sp³-hybridized carbons (Fsp3) is 1.00. The fourth-order valence-corrected chi connectivity index (χ4v) is 1.79. The minimum atomic E-state index is -0.122. The van der Waals surface area contributed by atoms with E-state index in [2.05, 4.69) is 45.0 Å². The van der Waals surface area contributed by atoms with Crippen LogP contribution in [-0.4, -0.2) is 48.3 Å². The molecule has 1 unspecified atom stereocenters. The summed E-state index contributed by atoms with van der Waals surface area (Å²) in [5, 5.41) is 12.8. The molecule has 0 saturated carbocycles. The molecule has 0 amide bonds. The summed E-state index contributed by atoms with van der Waals surface area (Å²) in [7, 11) is 2.13. The summed E-state index contributed by atoms with van der Waals surface area (Å²) >= 11 is 0. The summed E-state index contributed by atoms with van der Waals surface area (Å²) < 4.78 is 0. The first-order valence-corrected chi connectivity index (χ1v) is 6.00. The van der Waals surface area contributed by atoms with Crippen molar-refractivity contribution in [2.24, 2.45) is 0 Å². The monoisotopic (exact) mass is 216 g/mol. The SMILES string of the molecule is CCN(C)CCCC(C)(CO)NC(C)C. The standard InChI is InChI=1S/C12H28N2O/c1-6-14(5)9-7-8-12(4,10-15)13-11(2)3/h11,13,15H,6-10H2,1-5H3. The molecule has 15 heavy (non-hydrogen) atoms. The zero-order valence-electron chi connectivity index (χ0n) is 11.0. The molecular weight excluding hydrogens is 188 g/mol. The Morgan fingerprint density at radius 2 is 2.00 bits per heavy atom. The molecule has 1 atom stereocenters. The van der Waals surface area contributed by atoms with E-state index in [1.165, 1.54) is 0 Å². The highest BCUT2D eigenvalue weighted by Gasteiger charge is 2.23. The zero-order valence-corrected chi connectivity index (χ0v) is 11.0. The Morgan fingerprint density at radius 1 is 1.40 bits per heavy atom. The molecule has 0 aromatic rings. The van der Waals surface area contributed by atoms with Gasteiger partial charge in [0.15, 0.2) is 0 Å². The average Bonchev–Trinajstić information content (AvgIpc) is 2.16. The van der Waals surface area contributed by atoms with Gasteiger partial charge in [-0.1, -0.05) is 20.8 Å². The van der Waals surface area contributed by atoms with Gasteiger partial charge in [0.2, 0.25) is 0 Å². The van der Waals surface area contributed by atoms with Crippen molar-refractivity contribution in [1.29, 1.82) is 0 Å². The summed E-state index contributed by atoms with van der Waals surface area (Å²) in [6.07, 6.45) is 2.15. The van der Waals surface area contributed by atoms with Crippen LogP contribution in [-0.2, 0) is 0 Å². The first-order valence-electron chi connectivity index (χ1n) is 6.00. The highest BCUT2D eigenvalue weighted by atomic mass is 16.3. The Morgan fingerprint density at radius 3 is 2.40 bits per heavy atom. The van der Waals surface area contributed by atoms with Crippen molar-refractivity contribution in [3.05, 3.63) is 0 Å². The Bertz CT molecular complexity index is 162. The van der Waals surface area contributed by atoms with Gasteiger partial charge in [-0.3, -0.25) is 0 Å². The van der Waals surface area contributed by atoms with Crippen molar-refractivity contribution in [1.82, 2.24) is 10.2 Å². The van der Waals surface area contributed by atoms with Gasteiger partial charge in [-0.05, 0) is 39.9 Å². The topological polar surface area (TPSA) is 35.5 Å². The Balaban J connectivity index is 3.87. The van der Waals surface area contributed by atoms with Gasteiger partial charge in [0.1, 0.15) is 0 Å². The number of nitrogens with one attached hydrogen (secondary N) is 1. The van der Waals surface area contributed by atoms with Crippen molar-refractivity contribution in [2.75, 3.05) is 26.7 Å². The molecule has 0 heterocycles. The van der Waals surface area contributed by atoms with Crippen LogP contribution >= 0.6 is 0 Å². The molecule has 0 saturated heterocycles. The summed E-state index contributed by atoms with van der Waals surface area (Å²) in [6, 6.07) is 0.422. The Hall–Kier alpha value is -0.120. The molecule has 92 valence electrons. The Kier molecular flexibility index (Phi) is 7.14. The smallest absolute Gasteiger partial charge is 0.0610 e. The Labute approximate surface area is 94.9 Å². The van der Waals surface area contributed by atoms with Crippen molar-refractivity contribution in [2.45, 2.75) is 52.1 Å². The summed E-state index contributed by atoms with van der Waals surface area (Å²) in [5.74, 6) is 0. The molecule has 3 nitrogen and oxygen atoms in total. The lowest BCUT2D eigenvalue weighted by Gasteiger charge is -2.31. The van der Waals surface area contributed by atoms with E-state index in [1.807, 2.05) is 0 Å². The molecule has 0 aromatic heterocycles. The van der Waals surface area contributed by atoms with Gasteiger partial charge in [0.25, 0.3) is 0 Å². The number of aliphatic hydroxyl groups excluding tert-OH is 1. The van der Waals surface area contributed by atoms with E-state index >= 15 is 0 Å². The molecule has 0 bridgehead atoms. The first-order chi connectivity index (χ1) is 6.93. The number of aliphatic hydroxyl groups is 1. The second-order valence-corrected chi connectivity index (χ2v) is 5.02.